The summed E-state index contributed by atoms with van der Waals surface area (Å²) in [6.45, 7) is 4.19. The van der Waals surface area contributed by atoms with Crippen LogP contribution in [0.1, 0.15) is 33.1 Å². The molecule has 1 N–H and O–H groups in total. The minimum atomic E-state index is -3.61. The fourth-order valence-electron chi connectivity index (χ4n) is 1.84. The molecule has 1 rings (SSSR count). The Hall–Kier alpha value is -1.15. The zero-order chi connectivity index (χ0) is 16.6. The molecule has 0 aromatic heterocycles. The number of benzene rings is 1. The first-order chi connectivity index (χ1) is 10.4. The van der Waals surface area contributed by atoms with Gasteiger partial charge in [0.15, 0.2) is 5.75 Å². The predicted molar refractivity (Wildman–Crippen MR) is 84.0 cm³/mol. The number of nitrogens with zero attached hydrogens (tertiary/aromatic N) is 1. The van der Waals surface area contributed by atoms with E-state index in [0.717, 1.165) is 23.6 Å². The fourth-order valence-corrected chi connectivity index (χ4v) is 3.09. The summed E-state index contributed by atoms with van der Waals surface area (Å²) in [6.07, 6.45) is 2.39. The summed E-state index contributed by atoms with van der Waals surface area (Å²) in [5, 5.41) is 9.29. The lowest BCUT2D eigenvalue weighted by Crippen LogP contribution is -2.33. The normalized spacial score (nSPS) is 13.3. The largest absolute Gasteiger partial charge is 0.392 e. The quantitative estimate of drug-likeness (QED) is 0.404. The molecule has 0 aliphatic carbocycles. The first-order valence-electron chi connectivity index (χ1n) is 7.42. The molecule has 0 fully saturated rings. The van der Waals surface area contributed by atoms with E-state index in [9.17, 15) is 13.5 Å². The van der Waals surface area contributed by atoms with E-state index in [4.69, 9.17) is 9.78 Å². The van der Waals surface area contributed by atoms with Gasteiger partial charge in [-0.15, -0.1) is 0 Å². The van der Waals surface area contributed by atoms with Gasteiger partial charge >= 0.3 is 0 Å². The molecule has 1 atom stereocenters. The van der Waals surface area contributed by atoms with E-state index in [-0.39, 0.29) is 11.4 Å². The highest BCUT2D eigenvalue weighted by Crippen LogP contribution is 2.19. The Morgan fingerprint density at radius 2 is 1.86 bits per heavy atom. The van der Waals surface area contributed by atoms with Gasteiger partial charge in [0.2, 0.25) is 10.0 Å². The Morgan fingerprint density at radius 3 is 2.41 bits per heavy atom. The second-order valence-electron chi connectivity index (χ2n) is 5.22. The molecular weight excluding hydrogens is 306 g/mol. The molecule has 1 aromatic carbocycles. The monoisotopic (exact) mass is 331 g/mol. The average Bonchev–Trinajstić information content (AvgIpc) is 2.47. The highest BCUT2D eigenvalue weighted by atomic mass is 32.2. The van der Waals surface area contributed by atoms with Gasteiger partial charge in [0.25, 0.3) is 0 Å². The number of rotatable bonds is 10. The summed E-state index contributed by atoms with van der Waals surface area (Å²) < 4.78 is 25.6. The molecule has 22 heavy (non-hydrogen) atoms. The second kappa shape index (κ2) is 9.09. The summed E-state index contributed by atoms with van der Waals surface area (Å²) in [4.78, 5) is 10.3. The van der Waals surface area contributed by atoms with E-state index in [1.807, 2.05) is 0 Å². The summed E-state index contributed by atoms with van der Waals surface area (Å²) in [5.74, 6) is 0.452. The summed E-state index contributed by atoms with van der Waals surface area (Å²) in [7, 11) is -2.17. The summed E-state index contributed by atoms with van der Waals surface area (Å²) in [5.41, 5.74) is 0. The van der Waals surface area contributed by atoms with Crippen LogP contribution < -0.4 is 4.89 Å². The maximum Gasteiger partial charge on any atom is 0.242 e. The Kier molecular flexibility index (Phi) is 7.81. The highest BCUT2D eigenvalue weighted by molar-refractivity contribution is 7.89. The molecule has 126 valence electrons. The number of hydrogen-bond donors (Lipinski definition) is 1. The van der Waals surface area contributed by atoms with Crippen LogP contribution in [-0.4, -0.2) is 44.1 Å². The van der Waals surface area contributed by atoms with Crippen LogP contribution in [0.3, 0.4) is 0 Å². The molecule has 0 saturated carbocycles. The van der Waals surface area contributed by atoms with Crippen molar-refractivity contribution in [3.63, 3.8) is 0 Å². The van der Waals surface area contributed by atoms with Gasteiger partial charge in [0, 0.05) is 13.6 Å². The van der Waals surface area contributed by atoms with E-state index in [1.54, 1.807) is 19.1 Å². The number of sulfonamides is 1. The highest BCUT2D eigenvalue weighted by Gasteiger charge is 2.21. The number of aliphatic hydroxyl groups excluding tert-OH is 1. The Labute approximate surface area is 132 Å². The van der Waals surface area contributed by atoms with Crippen LogP contribution in [0, 0.1) is 0 Å². The van der Waals surface area contributed by atoms with Gasteiger partial charge in [-0.3, -0.25) is 0 Å². The van der Waals surface area contributed by atoms with Crippen LogP contribution in [-0.2, 0) is 14.9 Å². The van der Waals surface area contributed by atoms with Crippen molar-refractivity contribution in [2.75, 3.05) is 20.2 Å². The zero-order valence-corrected chi connectivity index (χ0v) is 14.2. The molecule has 0 amide bonds. The van der Waals surface area contributed by atoms with Gasteiger partial charge in [0.1, 0.15) is 0 Å². The molecule has 0 saturated heterocycles. The number of aliphatic hydroxyl groups is 1. The van der Waals surface area contributed by atoms with Crippen molar-refractivity contribution in [3.8, 4) is 5.75 Å². The van der Waals surface area contributed by atoms with Crippen molar-refractivity contribution in [1.82, 2.24) is 4.31 Å². The molecule has 0 aliphatic rings. The van der Waals surface area contributed by atoms with E-state index in [0.29, 0.717) is 12.4 Å². The van der Waals surface area contributed by atoms with Gasteiger partial charge in [-0.2, -0.15) is 9.19 Å². The molecular formula is C15H25NO5S. The third-order valence-corrected chi connectivity index (χ3v) is 4.88. The molecule has 0 radical (unpaired) electrons. The van der Waals surface area contributed by atoms with Gasteiger partial charge in [-0.05, 0) is 37.6 Å². The van der Waals surface area contributed by atoms with Crippen LogP contribution in [0.4, 0.5) is 0 Å². The second-order valence-corrected chi connectivity index (χ2v) is 7.26. The number of unbranched alkanes of at least 4 members (excludes halogenated alkanes) is 2. The van der Waals surface area contributed by atoms with Crippen LogP contribution >= 0.6 is 0 Å². The van der Waals surface area contributed by atoms with Gasteiger partial charge in [-0.25, -0.2) is 8.42 Å². The van der Waals surface area contributed by atoms with Crippen LogP contribution in [0.5, 0.6) is 5.75 Å². The van der Waals surface area contributed by atoms with Crippen molar-refractivity contribution >= 4 is 10.0 Å². The summed E-state index contributed by atoms with van der Waals surface area (Å²) >= 11 is 0. The Morgan fingerprint density at radius 1 is 1.23 bits per heavy atom. The lowest BCUT2D eigenvalue weighted by Gasteiger charge is -2.18. The number of hydrogen-bond acceptors (Lipinski definition) is 5. The molecule has 1 aromatic rings. The van der Waals surface area contributed by atoms with Crippen molar-refractivity contribution in [3.05, 3.63) is 24.3 Å². The molecule has 7 heteroatoms. The van der Waals surface area contributed by atoms with E-state index in [1.165, 1.54) is 19.2 Å². The molecule has 0 heterocycles. The standard InChI is InChI=1S/C15H25NO5S/c1-4-5-6-11-20-21-14-7-9-15(10-8-14)22(18,19)16(3)12-13(2)17/h7-10,13,17H,4-6,11-12H2,1-3H3. The Balaban J connectivity index is 2.60. The fraction of sp³-hybridized carbons (Fsp3) is 0.600. The van der Waals surface area contributed by atoms with Crippen molar-refractivity contribution in [2.45, 2.75) is 44.1 Å². The van der Waals surface area contributed by atoms with E-state index >= 15 is 0 Å². The van der Waals surface area contributed by atoms with Gasteiger partial charge in [-0.1, -0.05) is 19.8 Å². The third-order valence-electron chi connectivity index (χ3n) is 3.04. The van der Waals surface area contributed by atoms with E-state index < -0.39 is 16.1 Å². The van der Waals surface area contributed by atoms with Gasteiger partial charge < -0.3 is 9.99 Å². The van der Waals surface area contributed by atoms with Crippen LogP contribution in [0.25, 0.3) is 0 Å². The molecule has 0 aliphatic heterocycles. The predicted octanol–water partition coefficient (Wildman–Crippen LogP) is 2.19. The first-order valence-corrected chi connectivity index (χ1v) is 8.86. The summed E-state index contributed by atoms with van der Waals surface area (Å²) in [6, 6.07) is 6.00. The smallest absolute Gasteiger partial charge is 0.242 e. The first kappa shape index (κ1) is 18.9. The molecule has 0 bridgehead atoms. The Bertz CT molecular complexity index is 527. The lowest BCUT2D eigenvalue weighted by molar-refractivity contribution is -0.207. The maximum absolute atomic E-state index is 12.3. The minimum Gasteiger partial charge on any atom is -0.392 e. The SMILES string of the molecule is CCCCCOOc1ccc(S(=O)(=O)N(C)CC(C)O)cc1. The van der Waals surface area contributed by atoms with Crippen molar-refractivity contribution in [2.24, 2.45) is 0 Å². The maximum atomic E-state index is 12.3. The molecule has 6 nitrogen and oxygen atoms in total. The van der Waals surface area contributed by atoms with Crippen molar-refractivity contribution in [1.29, 1.82) is 0 Å². The minimum absolute atomic E-state index is 0.0428. The zero-order valence-electron chi connectivity index (χ0n) is 13.4. The molecule has 0 spiro atoms. The van der Waals surface area contributed by atoms with Crippen LogP contribution in [0.15, 0.2) is 29.2 Å². The average molecular weight is 331 g/mol. The van der Waals surface area contributed by atoms with Crippen molar-refractivity contribution < 1.29 is 23.3 Å². The molecule has 1 unspecified atom stereocenters. The van der Waals surface area contributed by atoms with E-state index in [2.05, 4.69) is 6.92 Å². The third kappa shape index (κ3) is 5.92. The van der Waals surface area contributed by atoms with Crippen LogP contribution in [0.2, 0.25) is 0 Å². The van der Waals surface area contributed by atoms with Gasteiger partial charge in [0.05, 0.1) is 17.6 Å². The number of likely N-dealkylation sites (N-methyl/N-ethyl adjacent to an activating group) is 1. The lowest BCUT2D eigenvalue weighted by atomic mass is 10.3. The topological polar surface area (TPSA) is 76.1 Å².